The van der Waals surface area contributed by atoms with Crippen LogP contribution in [0.3, 0.4) is 0 Å². The molecular weight excluding hydrogens is 358 g/mol. The van der Waals surface area contributed by atoms with Gasteiger partial charge in [0.25, 0.3) is 5.69 Å². The van der Waals surface area contributed by atoms with Gasteiger partial charge in [-0.2, -0.15) is 5.10 Å². The van der Waals surface area contributed by atoms with Crippen LogP contribution in [0.5, 0.6) is 5.75 Å². The predicted octanol–water partition coefficient (Wildman–Crippen LogP) is 3.86. The molecule has 0 saturated carbocycles. The molecule has 2 aliphatic rings. The Bertz CT molecular complexity index is 985. The fourth-order valence-electron chi connectivity index (χ4n) is 4.21. The molecule has 0 fully saturated rings. The lowest BCUT2D eigenvalue weighted by Crippen LogP contribution is -2.32. The number of carbonyl (C=O) groups excluding carboxylic acids is 1. The molecule has 0 bridgehead atoms. The molecule has 2 aromatic carbocycles. The zero-order valence-corrected chi connectivity index (χ0v) is 15.8. The number of nitrogens with zero attached hydrogens (tertiary/aromatic N) is 3. The summed E-state index contributed by atoms with van der Waals surface area (Å²) in [5, 5.41) is 17.7. The molecule has 1 aliphatic heterocycles. The van der Waals surface area contributed by atoms with Gasteiger partial charge in [0, 0.05) is 24.0 Å². The SMILES string of the molecule is CCC(=O)N1N=C2c3ccc(OC)cc3CC[C@H]2[C@H]1c1ccccc1[N+](=O)[O-]. The molecule has 0 aromatic heterocycles. The Labute approximate surface area is 162 Å². The van der Waals surface area contributed by atoms with Gasteiger partial charge >= 0.3 is 0 Å². The third kappa shape index (κ3) is 2.83. The van der Waals surface area contributed by atoms with E-state index in [4.69, 9.17) is 4.74 Å². The summed E-state index contributed by atoms with van der Waals surface area (Å²) >= 11 is 0. The maximum Gasteiger partial charge on any atom is 0.274 e. The second-order valence-corrected chi connectivity index (χ2v) is 7.01. The summed E-state index contributed by atoms with van der Waals surface area (Å²) in [5.41, 5.74) is 3.51. The number of hydrogen-bond donors (Lipinski definition) is 0. The minimum atomic E-state index is -0.459. The normalized spacial score (nSPS) is 20.2. The van der Waals surface area contributed by atoms with Crippen LogP contribution in [-0.2, 0) is 11.2 Å². The Morgan fingerprint density at radius 1 is 1.32 bits per heavy atom. The van der Waals surface area contributed by atoms with Crippen LogP contribution in [0.4, 0.5) is 5.69 Å². The highest BCUT2D eigenvalue weighted by molar-refractivity contribution is 6.07. The van der Waals surface area contributed by atoms with Gasteiger partial charge in [0.15, 0.2) is 0 Å². The number of benzene rings is 2. The second-order valence-electron chi connectivity index (χ2n) is 7.01. The topological polar surface area (TPSA) is 85.0 Å². The minimum Gasteiger partial charge on any atom is -0.497 e. The average molecular weight is 379 g/mol. The van der Waals surface area contributed by atoms with Gasteiger partial charge in [0.05, 0.1) is 29.4 Å². The first-order valence-electron chi connectivity index (χ1n) is 9.36. The highest BCUT2D eigenvalue weighted by atomic mass is 16.6. The maximum atomic E-state index is 12.7. The molecule has 0 saturated heterocycles. The van der Waals surface area contributed by atoms with Crippen molar-refractivity contribution in [2.75, 3.05) is 7.11 Å². The van der Waals surface area contributed by atoms with Gasteiger partial charge in [-0.3, -0.25) is 14.9 Å². The Morgan fingerprint density at radius 2 is 2.11 bits per heavy atom. The number of para-hydroxylation sites is 1. The van der Waals surface area contributed by atoms with E-state index in [-0.39, 0.29) is 28.9 Å². The van der Waals surface area contributed by atoms with Crippen LogP contribution in [0.15, 0.2) is 47.6 Å². The van der Waals surface area contributed by atoms with E-state index in [1.54, 1.807) is 32.2 Å². The molecule has 28 heavy (non-hydrogen) atoms. The molecule has 2 atom stereocenters. The van der Waals surface area contributed by atoms with E-state index in [2.05, 4.69) is 5.10 Å². The van der Waals surface area contributed by atoms with E-state index in [0.717, 1.165) is 35.4 Å². The van der Waals surface area contributed by atoms with E-state index < -0.39 is 6.04 Å². The number of fused-ring (bicyclic) bond motifs is 3. The van der Waals surface area contributed by atoms with Crippen LogP contribution in [0, 0.1) is 16.0 Å². The van der Waals surface area contributed by atoms with Crippen LogP contribution in [0.25, 0.3) is 0 Å². The van der Waals surface area contributed by atoms with Gasteiger partial charge in [-0.25, -0.2) is 5.01 Å². The van der Waals surface area contributed by atoms with Gasteiger partial charge < -0.3 is 4.74 Å². The molecule has 0 unspecified atom stereocenters. The zero-order valence-electron chi connectivity index (χ0n) is 15.8. The van der Waals surface area contributed by atoms with Crippen molar-refractivity contribution in [3.05, 3.63) is 69.3 Å². The molecule has 0 N–H and O–H groups in total. The summed E-state index contributed by atoms with van der Waals surface area (Å²) in [5.74, 6) is 0.574. The molecule has 144 valence electrons. The predicted molar refractivity (Wildman–Crippen MR) is 104 cm³/mol. The summed E-state index contributed by atoms with van der Waals surface area (Å²) in [4.78, 5) is 23.9. The Balaban J connectivity index is 1.83. The van der Waals surface area contributed by atoms with Crippen molar-refractivity contribution in [2.45, 2.75) is 32.2 Å². The lowest BCUT2D eigenvalue weighted by Gasteiger charge is -2.29. The first kappa shape index (κ1) is 18.2. The van der Waals surface area contributed by atoms with E-state index in [1.165, 1.54) is 11.1 Å². The number of nitro groups is 1. The zero-order chi connectivity index (χ0) is 19.8. The summed E-state index contributed by atoms with van der Waals surface area (Å²) in [6, 6.07) is 12.0. The molecule has 7 heteroatoms. The van der Waals surface area contributed by atoms with Crippen molar-refractivity contribution in [3.63, 3.8) is 0 Å². The Hall–Kier alpha value is -3.22. The highest BCUT2D eigenvalue weighted by Gasteiger charge is 2.45. The number of hydrazone groups is 1. The van der Waals surface area contributed by atoms with Crippen LogP contribution >= 0.6 is 0 Å². The van der Waals surface area contributed by atoms with Crippen molar-refractivity contribution in [3.8, 4) is 5.75 Å². The Kier molecular flexibility index (Phi) is 4.58. The van der Waals surface area contributed by atoms with Gasteiger partial charge in [0.1, 0.15) is 5.75 Å². The molecule has 0 spiro atoms. The molecular formula is C21H21N3O4. The molecule has 7 nitrogen and oxygen atoms in total. The van der Waals surface area contributed by atoms with Crippen molar-refractivity contribution < 1.29 is 14.5 Å². The molecule has 2 aromatic rings. The first-order chi connectivity index (χ1) is 13.5. The monoisotopic (exact) mass is 379 g/mol. The fraction of sp³-hybridized carbons (Fsp3) is 0.333. The van der Waals surface area contributed by atoms with E-state index in [0.29, 0.717) is 5.56 Å². The summed E-state index contributed by atoms with van der Waals surface area (Å²) in [6.45, 7) is 1.78. The maximum absolute atomic E-state index is 12.7. The summed E-state index contributed by atoms with van der Waals surface area (Å²) in [6.07, 6.45) is 1.86. The van der Waals surface area contributed by atoms with E-state index in [1.807, 2.05) is 18.2 Å². The number of methoxy groups -OCH3 is 1. The number of amides is 1. The molecule has 4 rings (SSSR count). The van der Waals surface area contributed by atoms with Crippen LogP contribution in [0.1, 0.15) is 42.5 Å². The first-order valence-corrected chi connectivity index (χ1v) is 9.36. The second kappa shape index (κ2) is 7.07. The summed E-state index contributed by atoms with van der Waals surface area (Å²) in [7, 11) is 1.63. The lowest BCUT2D eigenvalue weighted by atomic mass is 9.77. The third-order valence-corrected chi connectivity index (χ3v) is 5.53. The van der Waals surface area contributed by atoms with Crippen LogP contribution < -0.4 is 4.74 Å². The standard InChI is InChI=1S/C21H21N3O4/c1-3-19(25)23-21(16-6-4-5-7-18(16)24(26)27)17-10-8-13-12-14(28-2)9-11-15(13)20(17)22-23/h4-7,9,11-12,17,21H,3,8,10H2,1-2H3/t17-,21-/m1/s1. The summed E-state index contributed by atoms with van der Waals surface area (Å²) < 4.78 is 5.32. The minimum absolute atomic E-state index is 0.0263. The van der Waals surface area contributed by atoms with Crippen molar-refractivity contribution in [2.24, 2.45) is 11.0 Å². The van der Waals surface area contributed by atoms with Crippen molar-refractivity contribution in [1.29, 1.82) is 0 Å². The number of hydrogen-bond acceptors (Lipinski definition) is 5. The van der Waals surface area contributed by atoms with Gasteiger partial charge in [-0.15, -0.1) is 0 Å². The quantitative estimate of drug-likeness (QED) is 0.596. The Morgan fingerprint density at radius 3 is 2.82 bits per heavy atom. The number of aryl methyl sites for hydroxylation is 1. The fourth-order valence-corrected chi connectivity index (χ4v) is 4.21. The lowest BCUT2D eigenvalue weighted by molar-refractivity contribution is -0.386. The number of ether oxygens (including phenoxy) is 1. The smallest absolute Gasteiger partial charge is 0.274 e. The van der Waals surface area contributed by atoms with E-state index >= 15 is 0 Å². The van der Waals surface area contributed by atoms with E-state index in [9.17, 15) is 14.9 Å². The molecule has 1 heterocycles. The van der Waals surface area contributed by atoms with Crippen molar-refractivity contribution >= 4 is 17.3 Å². The molecule has 0 radical (unpaired) electrons. The average Bonchev–Trinajstić information content (AvgIpc) is 3.12. The largest absolute Gasteiger partial charge is 0.497 e. The highest BCUT2D eigenvalue weighted by Crippen LogP contribution is 2.46. The third-order valence-electron chi connectivity index (χ3n) is 5.53. The van der Waals surface area contributed by atoms with Gasteiger partial charge in [-0.05, 0) is 42.7 Å². The van der Waals surface area contributed by atoms with Gasteiger partial charge in [0.2, 0.25) is 5.91 Å². The van der Waals surface area contributed by atoms with Crippen LogP contribution in [0.2, 0.25) is 0 Å². The van der Waals surface area contributed by atoms with Crippen LogP contribution in [-0.4, -0.2) is 28.7 Å². The number of carbonyl (C=O) groups is 1. The number of rotatable bonds is 4. The van der Waals surface area contributed by atoms with Crippen molar-refractivity contribution in [1.82, 2.24) is 5.01 Å². The van der Waals surface area contributed by atoms with Gasteiger partial charge in [-0.1, -0.05) is 19.1 Å². The molecule has 1 amide bonds. The number of nitro benzene ring substituents is 1. The molecule has 1 aliphatic carbocycles.